The van der Waals surface area contributed by atoms with Crippen molar-refractivity contribution in [3.8, 4) is 17.1 Å². The molecule has 5 rings (SSSR count). The summed E-state index contributed by atoms with van der Waals surface area (Å²) in [5, 5.41) is 10.2. The van der Waals surface area contributed by atoms with Crippen LogP contribution in [-0.4, -0.2) is 16.3 Å². The molecule has 4 nitrogen and oxygen atoms in total. The zero-order valence-electron chi connectivity index (χ0n) is 14.2. The average Bonchev–Trinajstić information content (AvgIpc) is 3.15. The van der Waals surface area contributed by atoms with Gasteiger partial charge in [0.15, 0.2) is 5.76 Å². The zero-order valence-corrected chi connectivity index (χ0v) is 15.0. The van der Waals surface area contributed by atoms with Gasteiger partial charge in [0.1, 0.15) is 17.1 Å². The second-order valence-corrected chi connectivity index (χ2v) is 6.98. The monoisotopic (exact) mass is 363 g/mol. The number of nitrogens with one attached hydrogen (secondary N) is 1. The van der Waals surface area contributed by atoms with Crippen LogP contribution in [0.2, 0.25) is 5.02 Å². The van der Waals surface area contributed by atoms with Crippen LogP contribution in [0, 0.1) is 0 Å². The van der Waals surface area contributed by atoms with Gasteiger partial charge in [0.2, 0.25) is 0 Å². The average molecular weight is 364 g/mol. The van der Waals surface area contributed by atoms with E-state index in [-0.39, 0.29) is 0 Å². The predicted molar refractivity (Wildman–Crippen MR) is 105 cm³/mol. The number of rotatable bonds is 2. The van der Waals surface area contributed by atoms with E-state index in [2.05, 4.69) is 17.4 Å². The highest BCUT2D eigenvalue weighted by atomic mass is 35.5. The van der Waals surface area contributed by atoms with Gasteiger partial charge in [-0.1, -0.05) is 41.9 Å². The van der Waals surface area contributed by atoms with Crippen LogP contribution in [-0.2, 0) is 6.42 Å². The third-order valence-corrected chi connectivity index (χ3v) is 5.19. The molecule has 0 fully saturated rings. The lowest BCUT2D eigenvalue weighted by atomic mass is 10.1. The van der Waals surface area contributed by atoms with Crippen molar-refractivity contribution < 1.29 is 4.42 Å². The summed E-state index contributed by atoms with van der Waals surface area (Å²) in [7, 11) is 0. The maximum absolute atomic E-state index is 6.45. The van der Waals surface area contributed by atoms with Crippen LogP contribution in [0.4, 0.5) is 5.82 Å². The van der Waals surface area contributed by atoms with Gasteiger partial charge in [-0.15, -0.1) is 0 Å². The first kappa shape index (κ1) is 15.5. The quantitative estimate of drug-likeness (QED) is 0.497. The van der Waals surface area contributed by atoms with Gasteiger partial charge in [-0.25, -0.2) is 4.68 Å². The van der Waals surface area contributed by atoms with Gasteiger partial charge >= 0.3 is 0 Å². The smallest absolute Gasteiger partial charge is 0.156 e. The lowest BCUT2D eigenvalue weighted by molar-refractivity contribution is 0.625. The summed E-state index contributed by atoms with van der Waals surface area (Å²) in [6.07, 6.45) is 3.23. The van der Waals surface area contributed by atoms with Crippen molar-refractivity contribution in [3.05, 3.63) is 65.2 Å². The number of fused-ring (bicyclic) bond motifs is 2. The highest BCUT2D eigenvalue weighted by Gasteiger charge is 2.24. The van der Waals surface area contributed by atoms with E-state index in [1.807, 2.05) is 47.1 Å². The Morgan fingerprint density at radius 2 is 1.88 bits per heavy atom. The number of benzene rings is 2. The summed E-state index contributed by atoms with van der Waals surface area (Å²) in [4.78, 5) is 0. The van der Waals surface area contributed by atoms with E-state index in [4.69, 9.17) is 21.1 Å². The Labute approximate surface area is 156 Å². The number of para-hydroxylation sites is 2. The van der Waals surface area contributed by atoms with Crippen LogP contribution in [0.1, 0.15) is 18.4 Å². The molecule has 0 atom stereocenters. The van der Waals surface area contributed by atoms with Gasteiger partial charge in [-0.05, 0) is 43.5 Å². The van der Waals surface area contributed by atoms with E-state index in [0.29, 0.717) is 5.02 Å². The molecule has 2 aromatic carbocycles. The normalized spacial score (nSPS) is 14.0. The number of anilines is 1. The van der Waals surface area contributed by atoms with Crippen LogP contribution in [0.3, 0.4) is 0 Å². The van der Waals surface area contributed by atoms with Gasteiger partial charge < -0.3 is 9.73 Å². The summed E-state index contributed by atoms with van der Waals surface area (Å²) in [6.45, 7) is 0.933. The minimum absolute atomic E-state index is 0.681. The van der Waals surface area contributed by atoms with Crippen molar-refractivity contribution >= 4 is 28.4 Å². The van der Waals surface area contributed by atoms with Gasteiger partial charge in [0.25, 0.3) is 0 Å². The van der Waals surface area contributed by atoms with Gasteiger partial charge in [-0.2, -0.15) is 5.10 Å². The molecule has 0 amide bonds. The summed E-state index contributed by atoms with van der Waals surface area (Å²) in [5.41, 5.74) is 3.85. The van der Waals surface area contributed by atoms with Crippen LogP contribution >= 0.6 is 11.6 Å². The molecular formula is C21H18ClN3O. The van der Waals surface area contributed by atoms with E-state index in [1.165, 1.54) is 5.56 Å². The molecule has 0 unspecified atom stereocenters. The fourth-order valence-electron chi connectivity index (χ4n) is 3.60. The first-order chi connectivity index (χ1) is 12.8. The Hall–Kier alpha value is -2.72. The van der Waals surface area contributed by atoms with Gasteiger partial charge in [0.05, 0.1) is 10.7 Å². The standard InChI is InChI=1S/C21H18ClN3O/c22-16-9-2-3-10-17(16)25-21-15(8-5-6-12-23-21)20(24-25)19-13-14-7-1-4-11-18(14)26-19/h1-4,7,9-11,13,23H,5-6,8,12H2. The Morgan fingerprint density at radius 1 is 1.04 bits per heavy atom. The van der Waals surface area contributed by atoms with E-state index >= 15 is 0 Å². The van der Waals surface area contributed by atoms with Crippen LogP contribution in [0.5, 0.6) is 0 Å². The van der Waals surface area contributed by atoms with Crippen LogP contribution in [0.15, 0.2) is 59.0 Å². The second kappa shape index (κ2) is 6.22. The van der Waals surface area contributed by atoms with Crippen molar-refractivity contribution in [2.45, 2.75) is 19.3 Å². The number of hydrogen-bond acceptors (Lipinski definition) is 3. The largest absolute Gasteiger partial charge is 0.454 e. The fourth-order valence-corrected chi connectivity index (χ4v) is 3.81. The molecule has 3 heterocycles. The Morgan fingerprint density at radius 3 is 2.77 bits per heavy atom. The minimum atomic E-state index is 0.681. The number of hydrogen-bond donors (Lipinski definition) is 1. The maximum Gasteiger partial charge on any atom is 0.156 e. The molecular weight excluding hydrogens is 346 g/mol. The number of aromatic nitrogens is 2. The van der Waals surface area contributed by atoms with Crippen molar-refractivity contribution in [1.82, 2.24) is 9.78 Å². The lowest BCUT2D eigenvalue weighted by Gasteiger charge is -2.10. The summed E-state index contributed by atoms with van der Waals surface area (Å²) in [6, 6.07) is 17.9. The molecule has 1 N–H and O–H groups in total. The summed E-state index contributed by atoms with van der Waals surface area (Å²) >= 11 is 6.45. The Balaban J connectivity index is 1.74. The maximum atomic E-state index is 6.45. The van der Waals surface area contributed by atoms with Crippen molar-refractivity contribution in [3.63, 3.8) is 0 Å². The SMILES string of the molecule is Clc1ccccc1-n1nc(-c2cc3ccccc3o2)c2c1NCCCC2. The molecule has 0 radical (unpaired) electrons. The number of nitrogens with zero attached hydrogens (tertiary/aromatic N) is 2. The number of halogens is 1. The van der Waals surface area contributed by atoms with Gasteiger partial charge in [-0.3, -0.25) is 0 Å². The van der Waals surface area contributed by atoms with Crippen molar-refractivity contribution in [2.75, 3.05) is 11.9 Å². The number of furan rings is 1. The van der Waals surface area contributed by atoms with E-state index in [9.17, 15) is 0 Å². The van der Waals surface area contributed by atoms with Crippen LogP contribution in [0.25, 0.3) is 28.1 Å². The molecule has 2 aromatic heterocycles. The van der Waals surface area contributed by atoms with E-state index < -0.39 is 0 Å². The fraction of sp³-hybridized carbons (Fsp3) is 0.190. The third kappa shape index (κ3) is 2.49. The molecule has 0 saturated heterocycles. The molecule has 26 heavy (non-hydrogen) atoms. The van der Waals surface area contributed by atoms with E-state index in [1.54, 1.807) is 0 Å². The zero-order chi connectivity index (χ0) is 17.5. The second-order valence-electron chi connectivity index (χ2n) is 6.57. The molecule has 0 bridgehead atoms. The molecule has 4 aromatic rings. The Kier molecular flexibility index (Phi) is 3.71. The molecule has 0 spiro atoms. The van der Waals surface area contributed by atoms with Gasteiger partial charge in [0, 0.05) is 17.5 Å². The molecule has 0 aliphatic carbocycles. The van der Waals surface area contributed by atoms with Crippen molar-refractivity contribution in [2.24, 2.45) is 0 Å². The molecule has 1 aliphatic rings. The molecule has 5 heteroatoms. The van der Waals surface area contributed by atoms with E-state index in [0.717, 1.165) is 59.7 Å². The first-order valence-electron chi connectivity index (χ1n) is 8.91. The topological polar surface area (TPSA) is 43.0 Å². The van der Waals surface area contributed by atoms with Crippen LogP contribution < -0.4 is 5.32 Å². The predicted octanol–water partition coefficient (Wildman–Crippen LogP) is 5.69. The molecule has 0 saturated carbocycles. The Bertz CT molecular complexity index is 1060. The van der Waals surface area contributed by atoms with Crippen molar-refractivity contribution in [1.29, 1.82) is 0 Å². The lowest BCUT2D eigenvalue weighted by Crippen LogP contribution is -2.07. The summed E-state index contributed by atoms with van der Waals surface area (Å²) in [5.74, 6) is 1.82. The first-order valence-corrected chi connectivity index (χ1v) is 9.29. The minimum Gasteiger partial charge on any atom is -0.454 e. The molecule has 130 valence electrons. The third-order valence-electron chi connectivity index (χ3n) is 4.87. The highest BCUT2D eigenvalue weighted by molar-refractivity contribution is 6.32. The highest BCUT2D eigenvalue weighted by Crippen LogP contribution is 2.37. The molecule has 1 aliphatic heterocycles. The summed E-state index contributed by atoms with van der Waals surface area (Å²) < 4.78 is 8.03.